The topological polar surface area (TPSA) is 32.3 Å². The Morgan fingerprint density at radius 3 is 2.47 bits per heavy atom. The van der Waals surface area contributed by atoms with Crippen molar-refractivity contribution in [2.45, 2.75) is 25.9 Å². The van der Waals surface area contributed by atoms with Crippen LogP contribution in [-0.4, -0.2) is 30.4 Å². The smallest absolute Gasteiger partial charge is 0.241 e. The van der Waals surface area contributed by atoms with Crippen LogP contribution in [0.25, 0.3) is 0 Å². The van der Waals surface area contributed by atoms with Gasteiger partial charge in [0.15, 0.2) is 0 Å². The van der Waals surface area contributed by atoms with Gasteiger partial charge in [0.05, 0.1) is 9.88 Å². The third-order valence-electron chi connectivity index (χ3n) is 2.27. The molecule has 1 N–H and O–H groups in total. The summed E-state index contributed by atoms with van der Waals surface area (Å²) < 4.78 is 0.772. The molecule has 0 radical (unpaired) electrons. The van der Waals surface area contributed by atoms with E-state index in [1.165, 1.54) is 11.3 Å². The number of amides is 1. The molecule has 6 heteroatoms. The number of nitrogens with one attached hydrogen (secondary N) is 1. The van der Waals surface area contributed by atoms with Crippen molar-refractivity contribution in [2.24, 2.45) is 0 Å². The van der Waals surface area contributed by atoms with Crippen molar-refractivity contribution in [2.75, 3.05) is 14.1 Å². The molecule has 0 saturated heterocycles. The number of thiophene rings is 1. The highest BCUT2D eigenvalue weighted by Gasteiger charge is 2.28. The summed E-state index contributed by atoms with van der Waals surface area (Å²) >= 11 is 7.37. The van der Waals surface area contributed by atoms with Crippen molar-refractivity contribution in [3.05, 3.63) is 21.3 Å². The van der Waals surface area contributed by atoms with E-state index < -0.39 is 5.54 Å². The molecule has 0 aliphatic heterocycles. The minimum Gasteiger partial charge on any atom is -0.347 e. The van der Waals surface area contributed by atoms with E-state index in [1.807, 2.05) is 26.0 Å². The lowest BCUT2D eigenvalue weighted by Crippen LogP contribution is -2.51. The van der Waals surface area contributed by atoms with Crippen LogP contribution in [0, 0.1) is 0 Å². The lowest BCUT2D eigenvalue weighted by molar-refractivity contribution is -0.134. The quantitative estimate of drug-likeness (QED) is 0.927. The van der Waals surface area contributed by atoms with Crippen LogP contribution >= 0.6 is 35.3 Å². The van der Waals surface area contributed by atoms with Crippen LogP contribution in [0.3, 0.4) is 0 Å². The first-order chi connectivity index (χ1) is 7.33. The zero-order chi connectivity index (χ0) is 12.3. The number of likely N-dealkylation sites (N-methyl/N-ethyl adjacent to an activating group) is 1. The fraction of sp³-hybridized carbons (Fsp3) is 0.545. The number of hydrogen-bond donors (Lipinski definition) is 1. The van der Waals surface area contributed by atoms with Gasteiger partial charge in [-0.1, -0.05) is 11.6 Å². The third kappa shape index (κ3) is 4.84. The molecular weight excluding hydrogens is 279 g/mol. The second-order valence-corrected chi connectivity index (χ2v) is 6.18. The van der Waals surface area contributed by atoms with Gasteiger partial charge in [-0.05, 0) is 26.0 Å². The fourth-order valence-electron chi connectivity index (χ4n) is 1.39. The highest BCUT2D eigenvalue weighted by molar-refractivity contribution is 7.16. The Bertz CT molecular complexity index is 377. The molecule has 1 rings (SSSR count). The second kappa shape index (κ2) is 6.59. The van der Waals surface area contributed by atoms with Gasteiger partial charge in [-0.25, -0.2) is 0 Å². The monoisotopic (exact) mass is 296 g/mol. The number of nitrogens with zero attached hydrogens (tertiary/aromatic N) is 1. The predicted octanol–water partition coefficient (Wildman–Crippen LogP) is 2.78. The standard InChI is InChI=1S/C11H17ClN2OS.ClH/c1-11(2,10(15)14(3)4)13-7-8-5-6-9(12)16-8;/h5-6,13H,7H2,1-4H3;1H. The number of carbonyl (C=O) groups is 1. The fourth-order valence-corrected chi connectivity index (χ4v) is 2.42. The molecule has 17 heavy (non-hydrogen) atoms. The van der Waals surface area contributed by atoms with Gasteiger partial charge in [-0.3, -0.25) is 10.1 Å². The number of halogens is 2. The third-order valence-corrected chi connectivity index (χ3v) is 3.51. The van der Waals surface area contributed by atoms with Crippen molar-refractivity contribution < 1.29 is 4.79 Å². The van der Waals surface area contributed by atoms with Gasteiger partial charge in [0.25, 0.3) is 0 Å². The molecule has 0 atom stereocenters. The first-order valence-corrected chi connectivity index (χ1v) is 6.23. The number of rotatable bonds is 4. The molecule has 1 aromatic rings. The lowest BCUT2D eigenvalue weighted by atomic mass is 10.0. The average molecular weight is 297 g/mol. The first kappa shape index (κ1) is 16.7. The van der Waals surface area contributed by atoms with Gasteiger partial charge < -0.3 is 4.90 Å². The Morgan fingerprint density at radius 2 is 2.06 bits per heavy atom. The molecule has 98 valence electrons. The normalized spacial score (nSPS) is 10.9. The largest absolute Gasteiger partial charge is 0.347 e. The van der Waals surface area contributed by atoms with E-state index in [1.54, 1.807) is 19.0 Å². The molecule has 0 unspecified atom stereocenters. The minimum absolute atomic E-state index is 0. The molecule has 0 aliphatic carbocycles. The summed E-state index contributed by atoms with van der Waals surface area (Å²) in [6, 6.07) is 3.83. The molecule has 0 aromatic carbocycles. The summed E-state index contributed by atoms with van der Waals surface area (Å²) in [7, 11) is 3.52. The second-order valence-electron chi connectivity index (χ2n) is 4.38. The maximum Gasteiger partial charge on any atom is 0.241 e. The molecule has 0 bridgehead atoms. The Balaban J connectivity index is 0.00000256. The molecule has 0 fully saturated rings. The molecule has 0 saturated carbocycles. The van der Waals surface area contributed by atoms with E-state index in [4.69, 9.17) is 11.6 Å². The van der Waals surface area contributed by atoms with E-state index in [0.717, 1.165) is 9.21 Å². The summed E-state index contributed by atoms with van der Waals surface area (Å²) in [6.07, 6.45) is 0. The van der Waals surface area contributed by atoms with Crippen LogP contribution in [-0.2, 0) is 11.3 Å². The molecule has 3 nitrogen and oxygen atoms in total. The van der Waals surface area contributed by atoms with Crippen LogP contribution in [0.2, 0.25) is 4.34 Å². The average Bonchev–Trinajstić information content (AvgIpc) is 2.60. The summed E-state index contributed by atoms with van der Waals surface area (Å²) in [5.74, 6) is 0.0650. The Morgan fingerprint density at radius 1 is 1.47 bits per heavy atom. The van der Waals surface area contributed by atoms with Crippen molar-refractivity contribution >= 4 is 41.3 Å². The molecule has 0 spiro atoms. The van der Waals surface area contributed by atoms with E-state index in [0.29, 0.717) is 6.54 Å². The molecular formula is C11H18Cl2N2OS. The highest BCUT2D eigenvalue weighted by Crippen LogP contribution is 2.21. The summed E-state index contributed by atoms with van der Waals surface area (Å²) in [5, 5.41) is 3.23. The van der Waals surface area contributed by atoms with Gasteiger partial charge >= 0.3 is 0 Å². The van der Waals surface area contributed by atoms with Gasteiger partial charge in [0.1, 0.15) is 0 Å². The van der Waals surface area contributed by atoms with Gasteiger partial charge in [-0.15, -0.1) is 23.7 Å². The van der Waals surface area contributed by atoms with E-state index >= 15 is 0 Å². The molecule has 1 heterocycles. The highest BCUT2D eigenvalue weighted by atomic mass is 35.5. The van der Waals surface area contributed by atoms with Crippen molar-refractivity contribution in [3.8, 4) is 0 Å². The van der Waals surface area contributed by atoms with Gasteiger partial charge in [0, 0.05) is 25.5 Å². The Kier molecular flexibility index (Phi) is 6.48. The maximum atomic E-state index is 11.8. The zero-order valence-electron chi connectivity index (χ0n) is 10.4. The van der Waals surface area contributed by atoms with E-state index in [9.17, 15) is 4.79 Å². The molecule has 0 aliphatic rings. The Labute approximate surface area is 118 Å². The minimum atomic E-state index is -0.556. The van der Waals surface area contributed by atoms with Crippen LogP contribution in [0.4, 0.5) is 0 Å². The lowest BCUT2D eigenvalue weighted by Gasteiger charge is -2.28. The number of carbonyl (C=O) groups excluding carboxylic acids is 1. The molecule has 1 amide bonds. The number of hydrogen-bond acceptors (Lipinski definition) is 3. The van der Waals surface area contributed by atoms with Gasteiger partial charge in [-0.2, -0.15) is 0 Å². The summed E-state index contributed by atoms with van der Waals surface area (Å²) in [4.78, 5) is 14.6. The zero-order valence-corrected chi connectivity index (χ0v) is 12.8. The van der Waals surface area contributed by atoms with Crippen LogP contribution in [0.5, 0.6) is 0 Å². The predicted molar refractivity (Wildman–Crippen MR) is 76.2 cm³/mol. The van der Waals surface area contributed by atoms with E-state index in [-0.39, 0.29) is 18.3 Å². The van der Waals surface area contributed by atoms with Crippen LogP contribution in [0.1, 0.15) is 18.7 Å². The van der Waals surface area contributed by atoms with Crippen LogP contribution in [0.15, 0.2) is 12.1 Å². The summed E-state index contributed by atoms with van der Waals surface area (Å²) in [5.41, 5.74) is -0.556. The van der Waals surface area contributed by atoms with Crippen molar-refractivity contribution in [1.29, 1.82) is 0 Å². The van der Waals surface area contributed by atoms with Crippen LogP contribution < -0.4 is 5.32 Å². The SMILES string of the molecule is CN(C)C(=O)C(C)(C)NCc1ccc(Cl)s1.Cl. The van der Waals surface area contributed by atoms with Crippen molar-refractivity contribution in [1.82, 2.24) is 10.2 Å². The first-order valence-electron chi connectivity index (χ1n) is 5.04. The van der Waals surface area contributed by atoms with Gasteiger partial charge in [0.2, 0.25) is 5.91 Å². The maximum absolute atomic E-state index is 11.8. The molecule has 1 aromatic heterocycles. The van der Waals surface area contributed by atoms with E-state index in [2.05, 4.69) is 5.32 Å². The van der Waals surface area contributed by atoms with Crippen molar-refractivity contribution in [3.63, 3.8) is 0 Å². The Hall–Kier alpha value is -0.290. The summed E-state index contributed by atoms with van der Waals surface area (Å²) in [6.45, 7) is 4.42.